The molecule has 0 spiro atoms. The molecule has 0 radical (unpaired) electrons. The fourth-order valence-corrected chi connectivity index (χ4v) is 5.06. The topological polar surface area (TPSA) is 29.5 Å². The molecule has 1 saturated heterocycles. The molecule has 1 aliphatic carbocycles. The first-order valence-corrected chi connectivity index (χ1v) is 11.5. The average Bonchev–Trinajstić information content (AvgIpc) is 2.98. The molecule has 0 bridgehead atoms. The number of esters is 1. The van der Waals surface area contributed by atoms with E-state index in [1.54, 1.807) is 6.07 Å². The molecule has 3 nitrogen and oxygen atoms in total. The standard InChI is InChI=1S/C26H29ClFNO2/c1-31-26(30)24-12-11-22-21(5-2-3-6-23(22)25(24)27)20-9-7-18(8-10-20)15-19-16-29(17-19)14-4-13-28/h5,7-12,19H,2-4,6,13-17H2,1H3. The molecule has 0 N–H and O–H groups in total. The van der Waals surface area contributed by atoms with E-state index in [2.05, 4.69) is 35.2 Å². The first-order chi connectivity index (χ1) is 15.1. The van der Waals surface area contributed by atoms with Gasteiger partial charge in [-0.25, -0.2) is 4.79 Å². The average molecular weight is 442 g/mol. The third-order valence-electron chi connectivity index (χ3n) is 6.35. The maximum Gasteiger partial charge on any atom is 0.339 e. The summed E-state index contributed by atoms with van der Waals surface area (Å²) >= 11 is 6.62. The van der Waals surface area contributed by atoms with Crippen molar-refractivity contribution < 1.29 is 13.9 Å². The van der Waals surface area contributed by atoms with Gasteiger partial charge in [-0.1, -0.05) is 48.0 Å². The van der Waals surface area contributed by atoms with Crippen LogP contribution in [-0.4, -0.2) is 44.3 Å². The predicted octanol–water partition coefficient (Wildman–Crippen LogP) is 5.73. The molecule has 1 heterocycles. The molecule has 2 aromatic rings. The van der Waals surface area contributed by atoms with Crippen molar-refractivity contribution in [1.82, 2.24) is 4.90 Å². The summed E-state index contributed by atoms with van der Waals surface area (Å²) in [6.07, 6.45) is 6.81. The second kappa shape index (κ2) is 9.97. The van der Waals surface area contributed by atoms with Gasteiger partial charge in [0.05, 0.1) is 24.4 Å². The smallest absolute Gasteiger partial charge is 0.339 e. The molecule has 0 aromatic heterocycles. The summed E-state index contributed by atoms with van der Waals surface area (Å²) in [5.41, 5.74) is 6.25. The highest BCUT2D eigenvalue weighted by Crippen LogP contribution is 2.36. The van der Waals surface area contributed by atoms with Crippen molar-refractivity contribution in [3.8, 4) is 0 Å². The number of likely N-dealkylation sites (tertiary alicyclic amines) is 1. The molecule has 2 aliphatic rings. The second-order valence-electron chi connectivity index (χ2n) is 8.52. The first kappa shape index (κ1) is 22.0. The molecular weight excluding hydrogens is 413 g/mol. The van der Waals surface area contributed by atoms with Crippen molar-refractivity contribution in [2.45, 2.75) is 32.1 Å². The van der Waals surface area contributed by atoms with Gasteiger partial charge in [0.15, 0.2) is 0 Å². The minimum Gasteiger partial charge on any atom is -0.465 e. The van der Waals surface area contributed by atoms with Gasteiger partial charge in [-0.05, 0) is 71.9 Å². The minimum atomic E-state index is -0.397. The number of hydrogen-bond acceptors (Lipinski definition) is 3. The van der Waals surface area contributed by atoms with Crippen LogP contribution in [0.2, 0.25) is 5.02 Å². The molecule has 1 aliphatic heterocycles. The van der Waals surface area contributed by atoms with E-state index < -0.39 is 5.97 Å². The van der Waals surface area contributed by atoms with Gasteiger partial charge < -0.3 is 9.64 Å². The maximum absolute atomic E-state index is 12.3. The maximum atomic E-state index is 12.3. The first-order valence-electron chi connectivity index (χ1n) is 11.1. The number of fused-ring (bicyclic) bond motifs is 1. The zero-order valence-corrected chi connectivity index (χ0v) is 18.8. The monoisotopic (exact) mass is 441 g/mol. The number of benzene rings is 2. The molecule has 2 aromatic carbocycles. The zero-order chi connectivity index (χ0) is 21.8. The van der Waals surface area contributed by atoms with Gasteiger partial charge in [0.25, 0.3) is 0 Å². The zero-order valence-electron chi connectivity index (χ0n) is 18.0. The van der Waals surface area contributed by atoms with Gasteiger partial charge in [-0.3, -0.25) is 4.39 Å². The van der Waals surface area contributed by atoms with E-state index in [1.807, 2.05) is 6.07 Å². The summed E-state index contributed by atoms with van der Waals surface area (Å²) in [6, 6.07) is 12.6. The summed E-state index contributed by atoms with van der Waals surface area (Å²) in [7, 11) is 1.38. The van der Waals surface area contributed by atoms with Crippen LogP contribution >= 0.6 is 11.6 Å². The van der Waals surface area contributed by atoms with E-state index in [0.717, 1.165) is 56.4 Å². The molecule has 0 unspecified atom stereocenters. The SMILES string of the molecule is COC(=O)c1ccc2c(c1Cl)CCCC=C2c1ccc(CC2CN(CCCF)C2)cc1. The van der Waals surface area contributed by atoms with Crippen LogP contribution in [0.1, 0.15) is 51.9 Å². The lowest BCUT2D eigenvalue weighted by molar-refractivity contribution is 0.0601. The molecular formula is C26H29ClFNO2. The lowest BCUT2D eigenvalue weighted by Crippen LogP contribution is -2.47. The number of allylic oxidation sites excluding steroid dienone is 1. The second-order valence-corrected chi connectivity index (χ2v) is 8.90. The fraction of sp³-hybridized carbons (Fsp3) is 0.423. The highest BCUT2D eigenvalue weighted by molar-refractivity contribution is 6.34. The Morgan fingerprint density at radius 2 is 1.97 bits per heavy atom. The molecule has 1 fully saturated rings. The molecule has 31 heavy (non-hydrogen) atoms. The van der Waals surface area contributed by atoms with Crippen LogP contribution in [-0.2, 0) is 17.6 Å². The third kappa shape index (κ3) is 4.86. The Morgan fingerprint density at radius 1 is 1.19 bits per heavy atom. The normalized spacial score (nSPS) is 16.8. The quantitative estimate of drug-likeness (QED) is 0.514. The number of ether oxygens (including phenoxy) is 1. The number of carbonyl (C=O) groups is 1. The number of rotatable bonds is 7. The lowest BCUT2D eigenvalue weighted by atomic mass is 9.89. The largest absolute Gasteiger partial charge is 0.465 e. The number of hydrogen-bond donors (Lipinski definition) is 0. The van der Waals surface area contributed by atoms with Gasteiger partial charge >= 0.3 is 5.97 Å². The van der Waals surface area contributed by atoms with Crippen LogP contribution in [0.4, 0.5) is 4.39 Å². The molecule has 4 rings (SSSR count). The summed E-state index contributed by atoms with van der Waals surface area (Å²) in [5, 5.41) is 0.510. The van der Waals surface area contributed by atoms with E-state index in [4.69, 9.17) is 16.3 Å². The number of methoxy groups -OCH3 is 1. The van der Waals surface area contributed by atoms with E-state index in [-0.39, 0.29) is 6.67 Å². The fourth-order valence-electron chi connectivity index (χ4n) is 4.72. The van der Waals surface area contributed by atoms with E-state index in [0.29, 0.717) is 22.9 Å². The summed E-state index contributed by atoms with van der Waals surface area (Å²) in [6.45, 7) is 2.79. The van der Waals surface area contributed by atoms with Crippen molar-refractivity contribution in [3.63, 3.8) is 0 Å². The van der Waals surface area contributed by atoms with Crippen LogP contribution in [0.15, 0.2) is 42.5 Å². The van der Waals surface area contributed by atoms with Crippen LogP contribution in [0.25, 0.3) is 5.57 Å². The van der Waals surface area contributed by atoms with Crippen LogP contribution in [0, 0.1) is 5.92 Å². The Labute approximate surface area is 188 Å². The van der Waals surface area contributed by atoms with Gasteiger partial charge in [0.1, 0.15) is 0 Å². The van der Waals surface area contributed by atoms with Crippen LogP contribution < -0.4 is 0 Å². The van der Waals surface area contributed by atoms with Gasteiger partial charge in [-0.15, -0.1) is 0 Å². The summed E-state index contributed by atoms with van der Waals surface area (Å²) < 4.78 is 17.2. The predicted molar refractivity (Wildman–Crippen MR) is 123 cm³/mol. The Hall–Kier alpha value is -2.17. The van der Waals surface area contributed by atoms with E-state index in [9.17, 15) is 9.18 Å². The summed E-state index contributed by atoms with van der Waals surface area (Å²) in [4.78, 5) is 14.4. The van der Waals surface area contributed by atoms with Gasteiger partial charge in [-0.2, -0.15) is 0 Å². The number of halogens is 2. The third-order valence-corrected chi connectivity index (χ3v) is 6.78. The summed E-state index contributed by atoms with van der Waals surface area (Å²) in [5.74, 6) is 0.269. The molecule has 0 atom stereocenters. The van der Waals surface area contributed by atoms with E-state index in [1.165, 1.54) is 23.8 Å². The number of alkyl halides is 1. The highest BCUT2D eigenvalue weighted by Gasteiger charge is 2.26. The van der Waals surface area contributed by atoms with Crippen LogP contribution in [0.3, 0.4) is 0 Å². The lowest BCUT2D eigenvalue weighted by Gasteiger charge is -2.39. The Kier molecular flexibility index (Phi) is 7.09. The molecule has 0 saturated carbocycles. The van der Waals surface area contributed by atoms with Crippen molar-refractivity contribution in [1.29, 1.82) is 0 Å². The molecule has 0 amide bonds. The van der Waals surface area contributed by atoms with Crippen molar-refractivity contribution in [3.05, 3.63) is 75.3 Å². The van der Waals surface area contributed by atoms with Crippen molar-refractivity contribution >= 4 is 23.1 Å². The Morgan fingerprint density at radius 3 is 2.68 bits per heavy atom. The van der Waals surface area contributed by atoms with E-state index >= 15 is 0 Å². The minimum absolute atomic E-state index is 0.225. The molecule has 164 valence electrons. The van der Waals surface area contributed by atoms with Crippen LogP contribution in [0.5, 0.6) is 0 Å². The van der Waals surface area contributed by atoms with Crippen molar-refractivity contribution in [2.24, 2.45) is 5.92 Å². The number of carbonyl (C=O) groups excluding carboxylic acids is 1. The number of nitrogens with zero attached hydrogens (tertiary/aromatic N) is 1. The Balaban J connectivity index is 1.50. The molecule has 5 heteroatoms. The van der Waals surface area contributed by atoms with Crippen molar-refractivity contribution in [2.75, 3.05) is 33.4 Å². The Bertz CT molecular complexity index is 964. The highest BCUT2D eigenvalue weighted by atomic mass is 35.5. The van der Waals surface area contributed by atoms with Gasteiger partial charge in [0, 0.05) is 19.6 Å². The van der Waals surface area contributed by atoms with Gasteiger partial charge in [0.2, 0.25) is 0 Å².